The molecule has 0 aromatic carbocycles. The van der Waals surface area contributed by atoms with Crippen molar-refractivity contribution in [3.05, 3.63) is 17.0 Å². The van der Waals surface area contributed by atoms with Crippen molar-refractivity contribution in [2.75, 3.05) is 13.1 Å². The lowest BCUT2D eigenvalue weighted by atomic mass is 10.1. The molecule has 1 aromatic heterocycles. The van der Waals surface area contributed by atoms with Gasteiger partial charge in [-0.15, -0.1) is 24.0 Å². The third kappa shape index (κ3) is 7.92. The Morgan fingerprint density at radius 2 is 1.81 bits per heavy atom. The first-order valence-electron chi connectivity index (χ1n) is 9.08. The van der Waals surface area contributed by atoms with Gasteiger partial charge in [-0.3, -0.25) is 9.48 Å². The number of nitrogens with zero attached hydrogens (tertiary/aromatic N) is 3. The van der Waals surface area contributed by atoms with Crippen molar-refractivity contribution < 1.29 is 4.79 Å². The summed E-state index contributed by atoms with van der Waals surface area (Å²) < 4.78 is 1.95. The molecule has 1 aromatic rings. The van der Waals surface area contributed by atoms with E-state index in [0.717, 1.165) is 25.1 Å². The Morgan fingerprint density at radius 1 is 1.15 bits per heavy atom. The lowest BCUT2D eigenvalue weighted by Gasteiger charge is -2.21. The molecule has 8 heteroatoms. The molecule has 0 aliphatic carbocycles. The average molecular weight is 478 g/mol. The van der Waals surface area contributed by atoms with Crippen LogP contribution in [0.15, 0.2) is 4.99 Å². The zero-order valence-electron chi connectivity index (χ0n) is 17.2. The van der Waals surface area contributed by atoms with Gasteiger partial charge in [0.25, 0.3) is 0 Å². The molecule has 7 nitrogen and oxygen atoms in total. The predicted octanol–water partition coefficient (Wildman–Crippen LogP) is 2.13. The summed E-state index contributed by atoms with van der Waals surface area (Å²) in [6.07, 6.45) is 1.81. The van der Waals surface area contributed by atoms with Crippen LogP contribution in [0.3, 0.4) is 0 Å². The Balaban J connectivity index is 0.00000625. The largest absolute Gasteiger partial charge is 0.357 e. The van der Waals surface area contributed by atoms with E-state index >= 15 is 0 Å². The molecule has 0 spiro atoms. The fourth-order valence-electron chi connectivity index (χ4n) is 2.70. The first-order chi connectivity index (χ1) is 11.7. The van der Waals surface area contributed by atoms with Crippen LogP contribution in [0.1, 0.15) is 58.5 Å². The van der Waals surface area contributed by atoms with Crippen LogP contribution in [-0.4, -0.2) is 40.3 Å². The smallest absolute Gasteiger partial charge is 0.239 e. The third-order valence-electron chi connectivity index (χ3n) is 3.70. The Morgan fingerprint density at radius 3 is 2.31 bits per heavy atom. The molecule has 26 heavy (non-hydrogen) atoms. The first-order valence-corrected chi connectivity index (χ1v) is 9.08. The second-order valence-corrected chi connectivity index (χ2v) is 7.05. The number of guanidine groups is 1. The maximum Gasteiger partial charge on any atom is 0.239 e. The van der Waals surface area contributed by atoms with E-state index < -0.39 is 0 Å². The number of carbonyl (C=O) groups excluding carboxylic acids is 1. The zero-order chi connectivity index (χ0) is 19.0. The predicted molar refractivity (Wildman–Crippen MR) is 118 cm³/mol. The van der Waals surface area contributed by atoms with Crippen molar-refractivity contribution in [2.24, 2.45) is 12.0 Å². The normalized spacial score (nSPS) is 11.7. The Kier molecular flexibility index (Phi) is 10.8. The summed E-state index contributed by atoms with van der Waals surface area (Å²) in [6.45, 7) is 13.6. The minimum Gasteiger partial charge on any atom is -0.357 e. The maximum atomic E-state index is 12.0. The number of aliphatic imine (C=N–C) groups is 1. The highest BCUT2D eigenvalue weighted by molar-refractivity contribution is 14.0. The quantitative estimate of drug-likeness (QED) is 0.319. The summed E-state index contributed by atoms with van der Waals surface area (Å²) in [5.74, 6) is 0.586. The summed E-state index contributed by atoms with van der Waals surface area (Å²) >= 11 is 0. The Bertz CT molecular complexity index is 604. The summed E-state index contributed by atoms with van der Waals surface area (Å²) in [5, 5.41) is 13.8. The van der Waals surface area contributed by atoms with Crippen LogP contribution < -0.4 is 16.0 Å². The van der Waals surface area contributed by atoms with Crippen LogP contribution >= 0.6 is 24.0 Å². The van der Waals surface area contributed by atoms with E-state index in [4.69, 9.17) is 0 Å². The standard InChI is InChI=1S/C18H34N6O.HI/c1-8-14-13(15(9-2)24(7)23-14)11-20-17(19-10-3)21-12-16(25)22-18(4,5)6;/h8-12H2,1-7H3,(H,22,25)(H2,19,20,21);1H. The number of rotatable bonds is 7. The van der Waals surface area contributed by atoms with Gasteiger partial charge in [-0.05, 0) is 40.5 Å². The SMILES string of the molecule is CCNC(=NCc1c(CC)nn(C)c1CC)NCC(=O)NC(C)(C)C.I. The van der Waals surface area contributed by atoms with E-state index in [0.29, 0.717) is 12.5 Å². The van der Waals surface area contributed by atoms with Crippen molar-refractivity contribution in [1.82, 2.24) is 25.7 Å². The zero-order valence-corrected chi connectivity index (χ0v) is 19.5. The number of carbonyl (C=O) groups is 1. The Labute approximate surface area is 174 Å². The molecule has 0 atom stereocenters. The molecule has 150 valence electrons. The number of hydrogen-bond donors (Lipinski definition) is 3. The summed E-state index contributed by atoms with van der Waals surface area (Å²) in [5.41, 5.74) is 3.24. The molecular formula is C18H35IN6O. The molecule has 1 heterocycles. The monoisotopic (exact) mass is 478 g/mol. The van der Waals surface area contributed by atoms with Gasteiger partial charge < -0.3 is 16.0 Å². The number of aromatic nitrogens is 2. The average Bonchev–Trinajstić information content (AvgIpc) is 2.83. The van der Waals surface area contributed by atoms with E-state index in [9.17, 15) is 4.79 Å². The maximum absolute atomic E-state index is 12.0. The van der Waals surface area contributed by atoms with E-state index in [2.05, 4.69) is 39.9 Å². The van der Waals surface area contributed by atoms with Crippen molar-refractivity contribution in [2.45, 2.75) is 66.5 Å². The highest BCUT2D eigenvalue weighted by Crippen LogP contribution is 2.16. The van der Waals surface area contributed by atoms with Gasteiger partial charge in [-0.2, -0.15) is 5.10 Å². The fraction of sp³-hybridized carbons (Fsp3) is 0.722. The molecule has 0 saturated heterocycles. The van der Waals surface area contributed by atoms with Gasteiger partial charge in [0.1, 0.15) is 0 Å². The van der Waals surface area contributed by atoms with Crippen LogP contribution in [0.25, 0.3) is 0 Å². The minimum absolute atomic E-state index is 0. The minimum atomic E-state index is -0.240. The van der Waals surface area contributed by atoms with Crippen molar-refractivity contribution in [1.29, 1.82) is 0 Å². The van der Waals surface area contributed by atoms with Gasteiger partial charge in [-0.25, -0.2) is 4.99 Å². The van der Waals surface area contributed by atoms with Gasteiger partial charge in [-0.1, -0.05) is 13.8 Å². The molecule has 1 amide bonds. The van der Waals surface area contributed by atoms with Gasteiger partial charge in [0.05, 0.1) is 18.8 Å². The molecule has 0 saturated carbocycles. The highest BCUT2D eigenvalue weighted by atomic mass is 127. The fourth-order valence-corrected chi connectivity index (χ4v) is 2.70. The summed E-state index contributed by atoms with van der Waals surface area (Å²) in [7, 11) is 1.98. The van der Waals surface area contributed by atoms with E-state index in [-0.39, 0.29) is 42.0 Å². The first kappa shape index (κ1) is 24.7. The van der Waals surface area contributed by atoms with Crippen LogP contribution in [0.2, 0.25) is 0 Å². The second-order valence-electron chi connectivity index (χ2n) is 7.05. The van der Waals surface area contributed by atoms with Gasteiger partial charge in [0.15, 0.2) is 5.96 Å². The summed E-state index contributed by atoms with van der Waals surface area (Å²) in [4.78, 5) is 16.6. The number of nitrogens with one attached hydrogen (secondary N) is 3. The van der Waals surface area contributed by atoms with E-state index in [1.165, 1.54) is 11.3 Å². The van der Waals surface area contributed by atoms with Gasteiger partial charge in [0.2, 0.25) is 5.91 Å². The molecule has 0 aliphatic heterocycles. The molecule has 0 radical (unpaired) electrons. The number of halogens is 1. The molecule has 0 bridgehead atoms. The van der Waals surface area contributed by atoms with Crippen molar-refractivity contribution in [3.8, 4) is 0 Å². The molecule has 3 N–H and O–H groups in total. The molecule has 0 aliphatic rings. The van der Waals surface area contributed by atoms with Crippen LogP contribution in [0, 0.1) is 0 Å². The Hall–Kier alpha value is -1.32. The topological polar surface area (TPSA) is 83.3 Å². The molecular weight excluding hydrogens is 443 g/mol. The lowest BCUT2D eigenvalue weighted by molar-refractivity contribution is -0.121. The number of hydrogen-bond acceptors (Lipinski definition) is 3. The van der Waals surface area contributed by atoms with Gasteiger partial charge in [0, 0.05) is 30.4 Å². The highest BCUT2D eigenvalue weighted by Gasteiger charge is 2.15. The molecule has 0 fully saturated rings. The van der Waals surface area contributed by atoms with Crippen molar-refractivity contribution >= 4 is 35.8 Å². The van der Waals surface area contributed by atoms with Crippen LogP contribution in [0.4, 0.5) is 0 Å². The number of aryl methyl sites for hydroxylation is 2. The van der Waals surface area contributed by atoms with E-state index in [1.807, 2.05) is 39.4 Å². The van der Waals surface area contributed by atoms with Crippen LogP contribution in [0.5, 0.6) is 0 Å². The van der Waals surface area contributed by atoms with E-state index in [1.54, 1.807) is 0 Å². The lowest BCUT2D eigenvalue weighted by Crippen LogP contribution is -2.48. The van der Waals surface area contributed by atoms with Crippen molar-refractivity contribution in [3.63, 3.8) is 0 Å². The molecule has 1 rings (SSSR count). The third-order valence-corrected chi connectivity index (χ3v) is 3.70. The molecule has 0 unspecified atom stereocenters. The summed E-state index contributed by atoms with van der Waals surface area (Å²) in [6, 6.07) is 0. The van der Waals surface area contributed by atoms with Crippen LogP contribution in [-0.2, 0) is 31.2 Å². The van der Waals surface area contributed by atoms with Gasteiger partial charge >= 0.3 is 0 Å². The second kappa shape index (κ2) is 11.4. The number of amides is 1.